The van der Waals surface area contributed by atoms with Crippen molar-refractivity contribution in [2.45, 2.75) is 42.0 Å². The Bertz CT molecular complexity index is 882. The minimum atomic E-state index is -4.88. The molecule has 1 unspecified atom stereocenters. The molecule has 9 nitrogen and oxygen atoms in total. The Morgan fingerprint density at radius 1 is 1.18 bits per heavy atom. The summed E-state index contributed by atoms with van der Waals surface area (Å²) in [5.41, 5.74) is 15.4. The molecule has 156 valence electrons. The van der Waals surface area contributed by atoms with E-state index in [2.05, 4.69) is 21.9 Å². The van der Waals surface area contributed by atoms with Gasteiger partial charge in [-0.3, -0.25) is 0 Å². The molecule has 2 heterocycles. The van der Waals surface area contributed by atoms with Gasteiger partial charge < -0.3 is 10.6 Å². The number of alkyl halides is 3. The normalized spacial score (nSPS) is 25.5. The summed E-state index contributed by atoms with van der Waals surface area (Å²) in [6.07, 6.45) is -3.18. The molecule has 2 saturated heterocycles. The van der Waals surface area contributed by atoms with Crippen LogP contribution in [0.25, 0.3) is 0 Å². The van der Waals surface area contributed by atoms with Crippen molar-refractivity contribution in [1.29, 1.82) is 0 Å². The Labute approximate surface area is 160 Å². The number of nitrogens with one attached hydrogen (secondary N) is 4. The maximum absolute atomic E-state index is 13.6. The summed E-state index contributed by atoms with van der Waals surface area (Å²) in [6, 6.07) is 2.07. The SMILES string of the molecule is NC1(C2CCN(c3ccc(C(F)(F)F)c(S(N)(=O)=O)c3C3NNNN3)C2)CC1. The first-order valence-corrected chi connectivity index (χ1v) is 10.4. The smallest absolute Gasteiger partial charge is 0.371 e. The first-order valence-electron chi connectivity index (χ1n) is 8.82. The van der Waals surface area contributed by atoms with Crippen LogP contribution >= 0.6 is 0 Å². The second-order valence-electron chi connectivity index (χ2n) is 7.55. The number of nitrogens with two attached hydrogens (primary N) is 2. The monoisotopic (exact) mass is 421 g/mol. The molecule has 4 rings (SSSR count). The predicted molar refractivity (Wildman–Crippen MR) is 94.6 cm³/mol. The molecule has 0 radical (unpaired) electrons. The number of benzene rings is 1. The molecular formula is C15H22F3N7O2S. The van der Waals surface area contributed by atoms with Crippen LogP contribution < -0.4 is 37.7 Å². The molecule has 1 atom stereocenters. The van der Waals surface area contributed by atoms with Crippen molar-refractivity contribution >= 4 is 15.7 Å². The Kier molecular flexibility index (Phi) is 4.61. The minimum Gasteiger partial charge on any atom is -0.371 e. The van der Waals surface area contributed by atoms with Crippen LogP contribution in [0.15, 0.2) is 17.0 Å². The van der Waals surface area contributed by atoms with Crippen LogP contribution in [0, 0.1) is 5.92 Å². The Morgan fingerprint density at radius 2 is 1.82 bits per heavy atom. The van der Waals surface area contributed by atoms with Gasteiger partial charge >= 0.3 is 6.18 Å². The second-order valence-corrected chi connectivity index (χ2v) is 9.05. The zero-order chi connectivity index (χ0) is 20.3. The Hall–Kier alpha value is -1.48. The fraction of sp³-hybridized carbons (Fsp3) is 0.600. The van der Waals surface area contributed by atoms with E-state index in [-0.39, 0.29) is 17.0 Å². The molecule has 28 heavy (non-hydrogen) atoms. The highest BCUT2D eigenvalue weighted by molar-refractivity contribution is 7.89. The van der Waals surface area contributed by atoms with E-state index in [1.807, 2.05) is 4.90 Å². The number of hydrogen-bond donors (Lipinski definition) is 6. The number of rotatable bonds is 4. The van der Waals surface area contributed by atoms with E-state index in [0.29, 0.717) is 18.8 Å². The highest BCUT2D eigenvalue weighted by Gasteiger charge is 2.49. The van der Waals surface area contributed by atoms with Gasteiger partial charge in [0.05, 0.1) is 5.56 Å². The number of primary sulfonamides is 1. The lowest BCUT2D eigenvalue weighted by molar-refractivity contribution is -0.140. The lowest BCUT2D eigenvalue weighted by Gasteiger charge is -2.28. The van der Waals surface area contributed by atoms with Gasteiger partial charge in [-0.1, -0.05) is 0 Å². The van der Waals surface area contributed by atoms with Gasteiger partial charge in [-0.2, -0.15) is 24.2 Å². The maximum Gasteiger partial charge on any atom is 0.417 e. The first kappa shape index (κ1) is 19.8. The van der Waals surface area contributed by atoms with Crippen molar-refractivity contribution in [3.8, 4) is 0 Å². The van der Waals surface area contributed by atoms with Gasteiger partial charge in [0.15, 0.2) is 0 Å². The Morgan fingerprint density at radius 3 is 2.36 bits per heavy atom. The van der Waals surface area contributed by atoms with E-state index in [4.69, 9.17) is 10.9 Å². The largest absolute Gasteiger partial charge is 0.417 e. The highest BCUT2D eigenvalue weighted by Crippen LogP contribution is 2.46. The van der Waals surface area contributed by atoms with Gasteiger partial charge in [-0.15, -0.1) is 0 Å². The standard InChI is InChI=1S/C15H22F3N7O2S/c16-15(17,18)9-1-2-10(25-6-3-8(7-25)14(19)4-5-14)11(12(9)28(20,26)27)13-21-23-24-22-13/h1-2,8,13,21-24H,3-7,19H2,(H2,20,26,27). The number of hydrazine groups is 3. The number of anilines is 1. The van der Waals surface area contributed by atoms with Crippen molar-refractivity contribution in [1.82, 2.24) is 21.9 Å². The van der Waals surface area contributed by atoms with E-state index in [9.17, 15) is 21.6 Å². The van der Waals surface area contributed by atoms with Gasteiger partial charge in [-0.05, 0) is 37.3 Å². The summed E-state index contributed by atoms with van der Waals surface area (Å²) < 4.78 is 65.1. The van der Waals surface area contributed by atoms with Crippen LogP contribution in [0.1, 0.15) is 36.6 Å². The molecule has 3 aliphatic rings. The lowest BCUT2D eigenvalue weighted by atomic mass is 9.97. The summed E-state index contributed by atoms with van der Waals surface area (Å²) in [4.78, 5) is 0.939. The first-order chi connectivity index (χ1) is 13.0. The van der Waals surface area contributed by atoms with E-state index >= 15 is 0 Å². The lowest BCUT2D eigenvalue weighted by Crippen LogP contribution is -2.36. The summed E-state index contributed by atoms with van der Waals surface area (Å²) >= 11 is 0. The minimum absolute atomic E-state index is 0.0858. The molecule has 1 aromatic carbocycles. The molecule has 3 fully saturated rings. The molecule has 0 aromatic heterocycles. The van der Waals surface area contributed by atoms with Gasteiger partial charge in [0.2, 0.25) is 10.0 Å². The fourth-order valence-corrected chi connectivity index (χ4v) is 5.09. The van der Waals surface area contributed by atoms with Crippen molar-refractivity contribution in [2.24, 2.45) is 16.8 Å². The summed E-state index contributed by atoms with van der Waals surface area (Å²) in [5, 5.41) is 5.23. The molecule has 13 heteroatoms. The Balaban J connectivity index is 1.84. The molecule has 1 aliphatic carbocycles. The average molecular weight is 421 g/mol. The fourth-order valence-electron chi connectivity index (χ4n) is 4.07. The van der Waals surface area contributed by atoms with E-state index < -0.39 is 32.8 Å². The summed E-state index contributed by atoms with van der Waals surface area (Å²) in [6.45, 7) is 1.12. The predicted octanol–water partition coefficient (Wildman–Crippen LogP) is -0.214. The number of nitrogens with zero attached hydrogens (tertiary/aromatic N) is 1. The molecule has 2 aliphatic heterocycles. The van der Waals surface area contributed by atoms with E-state index in [1.54, 1.807) is 0 Å². The van der Waals surface area contributed by atoms with Crippen molar-refractivity contribution < 1.29 is 21.6 Å². The summed E-state index contributed by atoms with van der Waals surface area (Å²) in [5.74, 6) is 0.210. The van der Waals surface area contributed by atoms with Crippen molar-refractivity contribution in [3.63, 3.8) is 0 Å². The van der Waals surface area contributed by atoms with Gasteiger partial charge in [0.1, 0.15) is 11.1 Å². The number of hydrogen-bond acceptors (Lipinski definition) is 8. The molecular weight excluding hydrogens is 399 g/mol. The zero-order valence-electron chi connectivity index (χ0n) is 14.8. The van der Waals surface area contributed by atoms with Gasteiger partial charge in [0, 0.05) is 29.9 Å². The summed E-state index contributed by atoms with van der Waals surface area (Å²) in [7, 11) is -4.67. The van der Waals surface area contributed by atoms with Gasteiger partial charge in [0.25, 0.3) is 0 Å². The molecule has 8 N–H and O–H groups in total. The van der Waals surface area contributed by atoms with Gasteiger partial charge in [-0.25, -0.2) is 24.4 Å². The number of sulfonamides is 1. The topological polar surface area (TPSA) is 138 Å². The van der Waals surface area contributed by atoms with Crippen LogP contribution in [0.2, 0.25) is 0 Å². The quantitative estimate of drug-likeness (QED) is 0.393. The second kappa shape index (κ2) is 6.52. The molecule has 0 amide bonds. The highest BCUT2D eigenvalue weighted by atomic mass is 32.2. The van der Waals surface area contributed by atoms with Crippen molar-refractivity contribution in [2.75, 3.05) is 18.0 Å². The third kappa shape index (κ3) is 3.47. The average Bonchev–Trinajstić information content (AvgIpc) is 3.07. The number of halogens is 3. The van der Waals surface area contributed by atoms with Crippen LogP contribution in [0.5, 0.6) is 0 Å². The molecule has 0 bridgehead atoms. The van der Waals surface area contributed by atoms with Crippen LogP contribution in [0.3, 0.4) is 0 Å². The third-order valence-corrected chi connectivity index (χ3v) is 6.73. The van der Waals surface area contributed by atoms with Crippen molar-refractivity contribution in [3.05, 3.63) is 23.3 Å². The van der Waals surface area contributed by atoms with Crippen LogP contribution in [-0.2, 0) is 16.2 Å². The molecule has 1 saturated carbocycles. The van der Waals surface area contributed by atoms with E-state index in [0.717, 1.165) is 25.3 Å². The third-order valence-electron chi connectivity index (χ3n) is 5.72. The molecule has 0 spiro atoms. The maximum atomic E-state index is 13.6. The van der Waals surface area contributed by atoms with Crippen LogP contribution in [0.4, 0.5) is 18.9 Å². The molecule has 1 aromatic rings. The zero-order valence-corrected chi connectivity index (χ0v) is 15.6. The van der Waals surface area contributed by atoms with E-state index in [1.165, 1.54) is 6.07 Å². The van der Waals surface area contributed by atoms with Crippen LogP contribution in [-0.4, -0.2) is 27.0 Å².